The van der Waals surface area contributed by atoms with Crippen LogP contribution in [-0.4, -0.2) is 61.3 Å². The number of rotatable bonds is 2. The Morgan fingerprint density at radius 2 is 1.89 bits per heavy atom. The van der Waals surface area contributed by atoms with Crippen molar-refractivity contribution >= 4 is 23.0 Å². The van der Waals surface area contributed by atoms with Crippen LogP contribution >= 0.6 is 0 Å². The van der Waals surface area contributed by atoms with E-state index in [-0.39, 0.29) is 17.9 Å². The topological polar surface area (TPSA) is 71.3 Å². The minimum Gasteiger partial charge on any atom is -0.336 e. The number of aromatic nitrogens is 3. The van der Waals surface area contributed by atoms with E-state index in [0.29, 0.717) is 18.2 Å². The van der Waals surface area contributed by atoms with Gasteiger partial charge in [-0.25, -0.2) is 9.97 Å². The van der Waals surface area contributed by atoms with E-state index < -0.39 is 6.04 Å². The van der Waals surface area contributed by atoms with Gasteiger partial charge in [-0.2, -0.15) is 0 Å². The van der Waals surface area contributed by atoms with Crippen LogP contribution in [0.4, 0.5) is 0 Å². The van der Waals surface area contributed by atoms with Crippen molar-refractivity contribution in [1.29, 1.82) is 0 Å². The van der Waals surface area contributed by atoms with Crippen molar-refractivity contribution in [3.05, 3.63) is 24.2 Å². The van der Waals surface area contributed by atoms with E-state index in [9.17, 15) is 9.59 Å². The predicted molar refractivity (Wildman–Crippen MR) is 100 cm³/mol. The Hall–Kier alpha value is -2.44. The first-order valence-electron chi connectivity index (χ1n) is 10.1. The van der Waals surface area contributed by atoms with Crippen LogP contribution < -0.4 is 0 Å². The fourth-order valence-electron chi connectivity index (χ4n) is 4.98. The lowest BCUT2D eigenvalue weighted by Crippen LogP contribution is -2.60. The summed E-state index contributed by atoms with van der Waals surface area (Å²) in [6, 6.07) is 2.04. The Morgan fingerprint density at radius 1 is 1.11 bits per heavy atom. The molecule has 2 atom stereocenters. The van der Waals surface area contributed by atoms with Crippen LogP contribution in [0.1, 0.15) is 61.8 Å². The molecule has 3 fully saturated rings. The van der Waals surface area contributed by atoms with Crippen LogP contribution in [0, 0.1) is 0 Å². The third-order valence-corrected chi connectivity index (χ3v) is 6.53. The first-order valence-corrected chi connectivity index (χ1v) is 10.1. The molecule has 0 spiro atoms. The number of imidazole rings is 1. The normalized spacial score (nSPS) is 26.2. The van der Waals surface area contributed by atoms with Gasteiger partial charge in [-0.15, -0.1) is 0 Å². The molecule has 27 heavy (non-hydrogen) atoms. The maximum absolute atomic E-state index is 13.1. The largest absolute Gasteiger partial charge is 0.336 e. The highest BCUT2D eigenvalue weighted by Crippen LogP contribution is 2.32. The van der Waals surface area contributed by atoms with Crippen molar-refractivity contribution in [2.24, 2.45) is 0 Å². The van der Waals surface area contributed by atoms with Gasteiger partial charge in [-0.05, 0) is 38.7 Å². The van der Waals surface area contributed by atoms with Gasteiger partial charge >= 0.3 is 0 Å². The average Bonchev–Trinajstić information content (AvgIpc) is 3.43. The van der Waals surface area contributed by atoms with Crippen LogP contribution in [0.15, 0.2) is 18.6 Å². The molecule has 4 heterocycles. The molecule has 2 aliphatic heterocycles. The van der Waals surface area contributed by atoms with Gasteiger partial charge in [-0.1, -0.05) is 12.8 Å². The highest BCUT2D eigenvalue weighted by molar-refractivity contribution is 5.99. The molecule has 0 unspecified atom stereocenters. The maximum Gasteiger partial charge on any atom is 0.256 e. The van der Waals surface area contributed by atoms with E-state index in [2.05, 4.69) is 14.5 Å². The Kier molecular flexibility index (Phi) is 3.91. The number of fused-ring (bicyclic) bond motifs is 2. The van der Waals surface area contributed by atoms with Gasteiger partial charge in [0.15, 0.2) is 5.65 Å². The van der Waals surface area contributed by atoms with E-state index >= 15 is 0 Å². The molecule has 0 N–H and O–H groups in total. The zero-order valence-corrected chi connectivity index (χ0v) is 15.7. The third kappa shape index (κ3) is 2.63. The minimum atomic E-state index is -0.418. The summed E-state index contributed by atoms with van der Waals surface area (Å²) in [6.07, 6.45) is 10.3. The van der Waals surface area contributed by atoms with Gasteiger partial charge < -0.3 is 14.4 Å². The van der Waals surface area contributed by atoms with E-state index in [4.69, 9.17) is 0 Å². The maximum atomic E-state index is 13.1. The zero-order chi connectivity index (χ0) is 18.5. The van der Waals surface area contributed by atoms with Gasteiger partial charge in [0.1, 0.15) is 11.6 Å². The lowest BCUT2D eigenvalue weighted by Gasteiger charge is -2.41. The van der Waals surface area contributed by atoms with E-state index in [1.54, 1.807) is 11.1 Å². The number of hydrogen-bond donors (Lipinski definition) is 0. The molecule has 0 radical (unpaired) electrons. The molecule has 5 rings (SSSR count). The van der Waals surface area contributed by atoms with Crippen molar-refractivity contribution in [1.82, 2.24) is 24.3 Å². The van der Waals surface area contributed by atoms with Crippen molar-refractivity contribution in [2.45, 2.75) is 63.6 Å². The highest BCUT2D eigenvalue weighted by Gasteiger charge is 2.42. The first-order chi connectivity index (χ1) is 13.1. The molecule has 1 saturated carbocycles. The lowest BCUT2D eigenvalue weighted by atomic mass is 10.1. The second kappa shape index (κ2) is 6.32. The monoisotopic (exact) mass is 367 g/mol. The summed E-state index contributed by atoms with van der Waals surface area (Å²) in [6.45, 7) is 3.26. The summed E-state index contributed by atoms with van der Waals surface area (Å²) in [7, 11) is 0. The van der Waals surface area contributed by atoms with Crippen molar-refractivity contribution in [3.63, 3.8) is 0 Å². The van der Waals surface area contributed by atoms with E-state index in [1.807, 2.05) is 24.2 Å². The van der Waals surface area contributed by atoms with E-state index in [1.165, 1.54) is 25.7 Å². The number of pyridine rings is 1. The standard InChI is InChI=1S/C20H25N5O2/c1-13-19(26)23-8-4-7-16(23)11-24(13)20(27)14-9-17-18(21-10-14)25(12-22-17)15-5-2-3-6-15/h9-10,12-13,15-16H,2-8,11H2,1H3/t13-,16+/m0/s1. The molecule has 2 aromatic heterocycles. The highest BCUT2D eigenvalue weighted by atomic mass is 16.2. The lowest BCUT2D eigenvalue weighted by molar-refractivity contribution is -0.141. The molecule has 2 aromatic rings. The minimum absolute atomic E-state index is 0.0663. The average molecular weight is 367 g/mol. The Labute approximate surface area is 158 Å². The van der Waals surface area contributed by atoms with Crippen LogP contribution in [0.3, 0.4) is 0 Å². The predicted octanol–water partition coefficient (Wildman–Crippen LogP) is 2.38. The van der Waals surface area contributed by atoms with Crippen LogP contribution in [-0.2, 0) is 4.79 Å². The first kappa shape index (κ1) is 16.7. The third-order valence-electron chi connectivity index (χ3n) is 6.53. The molecule has 2 saturated heterocycles. The molecule has 0 aromatic carbocycles. The number of piperazine rings is 1. The van der Waals surface area contributed by atoms with Crippen LogP contribution in [0.25, 0.3) is 11.2 Å². The number of amides is 2. The SMILES string of the molecule is C[C@H]1C(=O)N2CCC[C@@H]2CN1C(=O)c1cnc2c(c1)ncn2C1CCCC1. The molecular weight excluding hydrogens is 342 g/mol. The smallest absolute Gasteiger partial charge is 0.256 e. The summed E-state index contributed by atoms with van der Waals surface area (Å²) in [4.78, 5) is 38.5. The second-order valence-corrected chi connectivity index (χ2v) is 8.12. The molecular formula is C20H25N5O2. The second-order valence-electron chi connectivity index (χ2n) is 8.12. The van der Waals surface area contributed by atoms with Crippen molar-refractivity contribution in [3.8, 4) is 0 Å². The number of carbonyl (C=O) groups excluding carboxylic acids is 2. The summed E-state index contributed by atoms with van der Waals surface area (Å²) in [5, 5.41) is 0. The molecule has 2 amide bonds. The van der Waals surface area contributed by atoms with Crippen molar-refractivity contribution < 1.29 is 9.59 Å². The molecule has 3 aliphatic rings. The van der Waals surface area contributed by atoms with Crippen molar-refractivity contribution in [2.75, 3.05) is 13.1 Å². The fraction of sp³-hybridized carbons (Fsp3) is 0.600. The fourth-order valence-corrected chi connectivity index (χ4v) is 4.98. The quantitative estimate of drug-likeness (QED) is 0.817. The molecule has 142 valence electrons. The van der Waals surface area contributed by atoms with Gasteiger partial charge in [-0.3, -0.25) is 9.59 Å². The van der Waals surface area contributed by atoms with Crippen LogP contribution in [0.5, 0.6) is 0 Å². The number of carbonyl (C=O) groups is 2. The van der Waals surface area contributed by atoms with E-state index in [0.717, 1.165) is 30.6 Å². The summed E-state index contributed by atoms with van der Waals surface area (Å²) in [5.74, 6) is -0.0520. The Morgan fingerprint density at radius 3 is 2.70 bits per heavy atom. The zero-order valence-electron chi connectivity index (χ0n) is 15.7. The molecule has 1 aliphatic carbocycles. The molecule has 7 heteroatoms. The number of nitrogens with zero attached hydrogens (tertiary/aromatic N) is 5. The summed E-state index contributed by atoms with van der Waals surface area (Å²) < 4.78 is 2.15. The van der Waals surface area contributed by atoms with Gasteiger partial charge in [0.25, 0.3) is 5.91 Å². The molecule has 7 nitrogen and oxygen atoms in total. The Bertz CT molecular complexity index is 901. The summed E-state index contributed by atoms with van der Waals surface area (Å²) >= 11 is 0. The van der Waals surface area contributed by atoms with Gasteiger partial charge in [0.2, 0.25) is 5.91 Å². The van der Waals surface area contributed by atoms with Crippen LogP contribution in [0.2, 0.25) is 0 Å². The molecule has 0 bridgehead atoms. The summed E-state index contributed by atoms with van der Waals surface area (Å²) in [5.41, 5.74) is 2.12. The Balaban J connectivity index is 1.43. The number of hydrogen-bond acceptors (Lipinski definition) is 4. The van der Waals surface area contributed by atoms with Gasteiger partial charge in [0.05, 0.1) is 11.9 Å². The van der Waals surface area contributed by atoms with Gasteiger partial charge in [0, 0.05) is 31.4 Å².